The van der Waals surface area contributed by atoms with Crippen molar-refractivity contribution in [1.29, 1.82) is 5.26 Å². The van der Waals surface area contributed by atoms with Crippen LogP contribution in [0.5, 0.6) is 11.5 Å². The van der Waals surface area contributed by atoms with E-state index in [0.29, 0.717) is 40.5 Å². The first-order valence-corrected chi connectivity index (χ1v) is 13.1. The van der Waals surface area contributed by atoms with Gasteiger partial charge in [-0.1, -0.05) is 42.5 Å². The number of aliphatic hydroxyl groups is 1. The first kappa shape index (κ1) is 27.9. The molecule has 0 bridgehead atoms. The Balaban J connectivity index is 1.56. The number of aryl methyl sites for hydroxylation is 1. The number of carbonyl (C=O) groups is 3. The number of Topliss-reactive ketones (excluding diaryl/α,β-unsaturated/α-hetero) is 1. The zero-order chi connectivity index (χ0) is 29.8. The number of nitrogens with zero attached hydrogens (tertiary/aromatic N) is 2. The van der Waals surface area contributed by atoms with E-state index >= 15 is 0 Å². The summed E-state index contributed by atoms with van der Waals surface area (Å²) in [5.41, 5.74) is 3.27. The molecule has 1 amide bonds. The molecule has 1 saturated heterocycles. The third-order valence-corrected chi connectivity index (χ3v) is 6.86. The van der Waals surface area contributed by atoms with E-state index in [4.69, 9.17) is 9.47 Å². The zero-order valence-corrected chi connectivity index (χ0v) is 22.9. The Kier molecular flexibility index (Phi) is 7.85. The number of rotatable bonds is 7. The highest BCUT2D eigenvalue weighted by atomic mass is 16.5. The highest BCUT2D eigenvalue weighted by Crippen LogP contribution is 2.43. The fraction of sp³-hybridized carbons (Fsp3) is 0.118. The number of nitriles is 1. The Morgan fingerprint density at radius 2 is 1.64 bits per heavy atom. The van der Waals surface area contributed by atoms with Crippen molar-refractivity contribution in [2.24, 2.45) is 0 Å². The lowest BCUT2D eigenvalue weighted by molar-refractivity contribution is -0.132. The van der Waals surface area contributed by atoms with Crippen LogP contribution in [0.1, 0.15) is 40.8 Å². The molecule has 1 aliphatic heterocycles. The number of hydrogen-bond donors (Lipinski definition) is 1. The van der Waals surface area contributed by atoms with Crippen molar-refractivity contribution >= 4 is 29.1 Å². The number of amides is 1. The molecule has 42 heavy (non-hydrogen) atoms. The summed E-state index contributed by atoms with van der Waals surface area (Å²) >= 11 is 0. The highest BCUT2D eigenvalue weighted by molar-refractivity contribution is 6.51. The number of carbonyl (C=O) groups excluding carboxylic acids is 3. The van der Waals surface area contributed by atoms with Gasteiger partial charge in [-0.15, -0.1) is 0 Å². The fourth-order valence-electron chi connectivity index (χ4n) is 4.84. The summed E-state index contributed by atoms with van der Waals surface area (Å²) in [7, 11) is 0. The Morgan fingerprint density at radius 1 is 0.952 bits per heavy atom. The third kappa shape index (κ3) is 5.62. The van der Waals surface area contributed by atoms with E-state index in [1.54, 1.807) is 66.7 Å². The van der Waals surface area contributed by atoms with Crippen molar-refractivity contribution in [2.45, 2.75) is 26.5 Å². The van der Waals surface area contributed by atoms with Gasteiger partial charge in [0.1, 0.15) is 23.9 Å². The summed E-state index contributed by atoms with van der Waals surface area (Å²) in [5.74, 6) is -1.59. The predicted molar refractivity (Wildman–Crippen MR) is 156 cm³/mol. The van der Waals surface area contributed by atoms with Crippen LogP contribution in [0.2, 0.25) is 0 Å². The number of benzene rings is 4. The van der Waals surface area contributed by atoms with Crippen molar-refractivity contribution < 1.29 is 29.0 Å². The molecule has 0 aromatic heterocycles. The Hall–Kier alpha value is -5.68. The Bertz CT molecular complexity index is 1740. The summed E-state index contributed by atoms with van der Waals surface area (Å²) in [6.45, 7) is 3.48. The minimum Gasteiger partial charge on any atom is -0.507 e. The van der Waals surface area contributed by atoms with Gasteiger partial charge in [0.05, 0.1) is 23.2 Å². The van der Waals surface area contributed by atoms with E-state index in [1.165, 1.54) is 11.8 Å². The average molecular weight is 559 g/mol. The third-order valence-electron chi connectivity index (χ3n) is 6.86. The quantitative estimate of drug-likeness (QED) is 0.0972. The smallest absolute Gasteiger partial charge is 0.308 e. The van der Waals surface area contributed by atoms with Crippen LogP contribution in [-0.2, 0) is 21.0 Å². The SMILES string of the molecule is CC(=O)Oc1ccc(C2/C(=C(/O)c3ccc(OCc4ccccc4)c(C)c3)C(=O)C(=O)N2c2ccc(C#N)cc2)cc1. The average Bonchev–Trinajstić information content (AvgIpc) is 3.26. The van der Waals surface area contributed by atoms with Crippen LogP contribution < -0.4 is 14.4 Å². The van der Waals surface area contributed by atoms with Gasteiger partial charge >= 0.3 is 5.97 Å². The van der Waals surface area contributed by atoms with Crippen LogP contribution in [-0.4, -0.2) is 22.8 Å². The standard InChI is InChI=1S/C34H26N2O6/c1-21-18-26(12-17-29(21)41-20-24-6-4-3-5-7-24)32(38)30-31(25-10-15-28(16-11-25)42-22(2)37)36(34(40)33(30)39)27-13-8-23(19-35)9-14-27/h3-18,31,38H,20H2,1-2H3/b32-30-. The summed E-state index contributed by atoms with van der Waals surface area (Å²) in [6, 6.07) is 28.4. The molecule has 1 N–H and O–H groups in total. The minimum atomic E-state index is -0.987. The van der Waals surface area contributed by atoms with Crippen LogP contribution in [0.15, 0.2) is 103 Å². The van der Waals surface area contributed by atoms with Crippen LogP contribution >= 0.6 is 0 Å². The molecule has 1 aliphatic rings. The number of hydrogen-bond acceptors (Lipinski definition) is 7. The lowest BCUT2D eigenvalue weighted by atomic mass is 9.94. The van der Waals surface area contributed by atoms with Crippen LogP contribution in [0, 0.1) is 18.3 Å². The first-order chi connectivity index (χ1) is 20.3. The molecule has 1 atom stereocenters. The molecule has 0 aliphatic carbocycles. The maximum absolute atomic E-state index is 13.5. The maximum atomic E-state index is 13.5. The zero-order valence-electron chi connectivity index (χ0n) is 22.9. The molecule has 1 fully saturated rings. The van der Waals surface area contributed by atoms with Gasteiger partial charge in [0.25, 0.3) is 11.7 Å². The van der Waals surface area contributed by atoms with Crippen molar-refractivity contribution in [3.05, 3.63) is 130 Å². The van der Waals surface area contributed by atoms with Crippen molar-refractivity contribution in [1.82, 2.24) is 0 Å². The summed E-state index contributed by atoms with van der Waals surface area (Å²) in [6.07, 6.45) is 0. The Labute approximate surface area is 242 Å². The number of anilines is 1. The molecule has 4 aromatic carbocycles. The molecule has 0 saturated carbocycles. The van der Waals surface area contributed by atoms with Crippen molar-refractivity contribution in [3.63, 3.8) is 0 Å². The van der Waals surface area contributed by atoms with Gasteiger partial charge in [-0.2, -0.15) is 5.26 Å². The van der Waals surface area contributed by atoms with Crippen LogP contribution in [0.25, 0.3) is 5.76 Å². The number of aliphatic hydroxyl groups excluding tert-OH is 1. The van der Waals surface area contributed by atoms with E-state index < -0.39 is 23.7 Å². The van der Waals surface area contributed by atoms with Gasteiger partial charge in [0, 0.05) is 18.2 Å². The van der Waals surface area contributed by atoms with Crippen molar-refractivity contribution in [2.75, 3.05) is 4.90 Å². The summed E-state index contributed by atoms with van der Waals surface area (Å²) in [4.78, 5) is 39.6. The highest BCUT2D eigenvalue weighted by Gasteiger charge is 2.47. The lowest BCUT2D eigenvalue weighted by Gasteiger charge is -2.25. The minimum absolute atomic E-state index is 0.0954. The molecule has 0 spiro atoms. The second-order valence-electron chi connectivity index (χ2n) is 9.75. The molecule has 8 heteroatoms. The fourth-order valence-corrected chi connectivity index (χ4v) is 4.84. The second-order valence-corrected chi connectivity index (χ2v) is 9.75. The molecule has 5 rings (SSSR count). The Morgan fingerprint density at radius 3 is 2.26 bits per heavy atom. The molecule has 4 aromatic rings. The molecule has 1 heterocycles. The number of esters is 1. The van der Waals surface area contributed by atoms with Gasteiger partial charge in [-0.05, 0) is 78.2 Å². The van der Waals surface area contributed by atoms with Crippen molar-refractivity contribution in [3.8, 4) is 17.6 Å². The van der Waals surface area contributed by atoms with Gasteiger partial charge in [-0.25, -0.2) is 0 Å². The molecule has 1 unspecified atom stereocenters. The van der Waals surface area contributed by atoms with E-state index in [1.807, 2.05) is 43.3 Å². The maximum Gasteiger partial charge on any atom is 0.308 e. The van der Waals surface area contributed by atoms with E-state index in [-0.39, 0.29) is 11.3 Å². The topological polar surface area (TPSA) is 117 Å². The van der Waals surface area contributed by atoms with Gasteiger partial charge < -0.3 is 14.6 Å². The van der Waals surface area contributed by atoms with E-state index in [0.717, 1.165) is 11.1 Å². The van der Waals surface area contributed by atoms with Crippen LogP contribution in [0.4, 0.5) is 5.69 Å². The molecule has 8 nitrogen and oxygen atoms in total. The second kappa shape index (κ2) is 11.8. The van der Waals surface area contributed by atoms with E-state index in [9.17, 15) is 24.8 Å². The largest absolute Gasteiger partial charge is 0.507 e. The molecule has 0 radical (unpaired) electrons. The molecular weight excluding hydrogens is 532 g/mol. The molecule has 208 valence electrons. The van der Waals surface area contributed by atoms with E-state index in [2.05, 4.69) is 0 Å². The predicted octanol–water partition coefficient (Wildman–Crippen LogP) is 6.00. The summed E-state index contributed by atoms with van der Waals surface area (Å²) < 4.78 is 11.1. The van der Waals surface area contributed by atoms with Gasteiger partial charge in [0.2, 0.25) is 0 Å². The monoisotopic (exact) mass is 558 g/mol. The van der Waals surface area contributed by atoms with Crippen LogP contribution in [0.3, 0.4) is 0 Å². The number of ether oxygens (including phenoxy) is 2. The normalized spacial score (nSPS) is 15.7. The van der Waals surface area contributed by atoms with Gasteiger partial charge in [-0.3, -0.25) is 19.3 Å². The molecular formula is C34H26N2O6. The van der Waals surface area contributed by atoms with Gasteiger partial charge in [0.15, 0.2) is 0 Å². The summed E-state index contributed by atoms with van der Waals surface area (Å²) in [5, 5.41) is 20.7. The number of ketones is 1. The lowest BCUT2D eigenvalue weighted by Crippen LogP contribution is -2.29. The first-order valence-electron chi connectivity index (χ1n) is 13.1.